The van der Waals surface area contributed by atoms with E-state index in [1.807, 2.05) is 48.0 Å². The van der Waals surface area contributed by atoms with E-state index in [1.165, 1.54) is 11.1 Å². The highest BCUT2D eigenvalue weighted by Crippen LogP contribution is 2.26. The topological polar surface area (TPSA) is 59.9 Å². The van der Waals surface area contributed by atoms with Crippen LogP contribution in [-0.4, -0.2) is 14.5 Å². The lowest BCUT2D eigenvalue weighted by atomic mass is 10.1. The molecular formula is C21H17N3O2. The summed E-state index contributed by atoms with van der Waals surface area (Å²) in [4.78, 5) is 20.1. The van der Waals surface area contributed by atoms with Crippen molar-refractivity contribution in [1.82, 2.24) is 14.5 Å². The molecule has 0 bridgehead atoms. The summed E-state index contributed by atoms with van der Waals surface area (Å²) >= 11 is 0. The minimum atomic E-state index is -0.139. The number of pyridine rings is 1. The molecule has 3 heterocycles. The van der Waals surface area contributed by atoms with Gasteiger partial charge in [0.25, 0.3) is 5.56 Å². The van der Waals surface area contributed by atoms with Crippen molar-refractivity contribution in [2.45, 2.75) is 20.1 Å². The second kappa shape index (κ2) is 5.68. The molecule has 0 aliphatic carbocycles. The van der Waals surface area contributed by atoms with E-state index in [9.17, 15) is 4.79 Å². The summed E-state index contributed by atoms with van der Waals surface area (Å²) in [5.41, 5.74) is 5.75. The monoisotopic (exact) mass is 343 g/mol. The minimum Gasteiger partial charge on any atom is -0.372 e. The largest absolute Gasteiger partial charge is 0.372 e. The first-order valence-corrected chi connectivity index (χ1v) is 8.56. The van der Waals surface area contributed by atoms with Crippen molar-refractivity contribution >= 4 is 10.9 Å². The molecule has 1 aliphatic heterocycles. The zero-order valence-corrected chi connectivity index (χ0v) is 14.3. The van der Waals surface area contributed by atoms with Gasteiger partial charge in [-0.1, -0.05) is 18.2 Å². The Labute approximate surface area is 149 Å². The number of hydrogen-bond donors (Lipinski definition) is 1. The number of hydrogen-bond acceptors (Lipinski definition) is 3. The molecule has 0 spiro atoms. The van der Waals surface area contributed by atoms with Gasteiger partial charge in [0, 0.05) is 23.6 Å². The maximum atomic E-state index is 12.7. The van der Waals surface area contributed by atoms with Crippen LogP contribution in [0.4, 0.5) is 0 Å². The van der Waals surface area contributed by atoms with E-state index in [0.29, 0.717) is 24.6 Å². The van der Waals surface area contributed by atoms with Crippen molar-refractivity contribution in [1.29, 1.82) is 0 Å². The molecule has 0 saturated carbocycles. The third kappa shape index (κ3) is 2.36. The van der Waals surface area contributed by atoms with Gasteiger partial charge < -0.3 is 9.72 Å². The molecular weight excluding hydrogens is 326 g/mol. The summed E-state index contributed by atoms with van der Waals surface area (Å²) in [7, 11) is 0. The lowest BCUT2D eigenvalue weighted by Gasteiger charge is -2.10. The van der Waals surface area contributed by atoms with Gasteiger partial charge in [0.1, 0.15) is 5.82 Å². The van der Waals surface area contributed by atoms with E-state index in [0.717, 1.165) is 22.2 Å². The molecule has 2 aromatic heterocycles. The number of aromatic amines is 1. The fraction of sp³-hybridized carbons (Fsp3) is 0.143. The first-order valence-electron chi connectivity index (χ1n) is 8.56. The molecule has 1 N–H and O–H groups in total. The average Bonchev–Trinajstić information content (AvgIpc) is 3.29. The van der Waals surface area contributed by atoms with Crippen LogP contribution in [0.1, 0.15) is 16.7 Å². The first kappa shape index (κ1) is 15.1. The number of ether oxygens (including phenoxy) is 1. The summed E-state index contributed by atoms with van der Waals surface area (Å²) in [5, 5.41) is 0.988. The first-order chi connectivity index (χ1) is 12.7. The van der Waals surface area contributed by atoms with Gasteiger partial charge >= 0.3 is 0 Å². The smallest absolute Gasteiger partial charge is 0.259 e. The van der Waals surface area contributed by atoms with Crippen LogP contribution < -0.4 is 5.56 Å². The van der Waals surface area contributed by atoms with E-state index in [-0.39, 0.29) is 5.56 Å². The van der Waals surface area contributed by atoms with Crippen LogP contribution in [0.3, 0.4) is 0 Å². The van der Waals surface area contributed by atoms with Crippen LogP contribution in [-0.2, 0) is 18.0 Å². The Kier molecular flexibility index (Phi) is 3.30. The van der Waals surface area contributed by atoms with Gasteiger partial charge in [-0.3, -0.25) is 9.36 Å². The molecule has 1 aliphatic rings. The lowest BCUT2D eigenvalue weighted by Crippen LogP contribution is -2.11. The van der Waals surface area contributed by atoms with E-state index in [1.54, 1.807) is 6.20 Å². The van der Waals surface area contributed by atoms with Crippen LogP contribution in [0, 0.1) is 6.92 Å². The molecule has 5 rings (SSSR count). The number of nitrogens with one attached hydrogen (secondary N) is 1. The molecule has 128 valence electrons. The quantitative estimate of drug-likeness (QED) is 0.603. The zero-order valence-electron chi connectivity index (χ0n) is 14.3. The highest BCUT2D eigenvalue weighted by molar-refractivity contribution is 5.83. The number of benzene rings is 2. The zero-order chi connectivity index (χ0) is 17.7. The summed E-state index contributed by atoms with van der Waals surface area (Å²) in [6.45, 7) is 3.30. The van der Waals surface area contributed by atoms with Gasteiger partial charge in [-0.15, -0.1) is 0 Å². The number of imidazole rings is 1. The second-order valence-corrected chi connectivity index (χ2v) is 6.67. The predicted octanol–water partition coefficient (Wildman–Crippen LogP) is 3.72. The highest BCUT2D eigenvalue weighted by atomic mass is 16.5. The van der Waals surface area contributed by atoms with E-state index in [4.69, 9.17) is 4.74 Å². The lowest BCUT2D eigenvalue weighted by molar-refractivity contribution is 0.134. The fourth-order valence-corrected chi connectivity index (χ4v) is 3.50. The highest BCUT2D eigenvalue weighted by Gasteiger charge is 2.16. The van der Waals surface area contributed by atoms with E-state index < -0.39 is 0 Å². The molecule has 4 aromatic rings. The van der Waals surface area contributed by atoms with Crippen LogP contribution >= 0.6 is 0 Å². The Hall–Kier alpha value is -3.18. The Balaban J connectivity index is 1.68. The van der Waals surface area contributed by atoms with Gasteiger partial charge in [-0.2, -0.15) is 0 Å². The van der Waals surface area contributed by atoms with Crippen LogP contribution in [0.25, 0.3) is 28.0 Å². The fourth-order valence-electron chi connectivity index (χ4n) is 3.50. The molecule has 0 atom stereocenters. The molecule has 2 aromatic carbocycles. The van der Waals surface area contributed by atoms with Gasteiger partial charge in [0.05, 0.1) is 18.8 Å². The molecule has 26 heavy (non-hydrogen) atoms. The SMILES string of the molecule is Cc1ccc2cc(-c3nccn3-c3ccc4c(c3)COC4)c(=O)[nH]c2c1. The predicted molar refractivity (Wildman–Crippen MR) is 100 cm³/mol. The van der Waals surface area contributed by atoms with E-state index in [2.05, 4.69) is 22.1 Å². The van der Waals surface area contributed by atoms with Crippen LogP contribution in [0.5, 0.6) is 0 Å². The number of aromatic nitrogens is 3. The number of aryl methyl sites for hydroxylation is 1. The van der Waals surface area contributed by atoms with Crippen molar-refractivity contribution < 1.29 is 4.74 Å². The van der Waals surface area contributed by atoms with Gasteiger partial charge in [0.15, 0.2) is 0 Å². The van der Waals surface area contributed by atoms with Crippen molar-refractivity contribution in [3.63, 3.8) is 0 Å². The summed E-state index contributed by atoms with van der Waals surface area (Å²) in [6.07, 6.45) is 3.60. The third-order valence-electron chi connectivity index (χ3n) is 4.87. The second-order valence-electron chi connectivity index (χ2n) is 6.67. The van der Waals surface area contributed by atoms with Crippen molar-refractivity contribution in [3.8, 4) is 17.1 Å². The molecule has 5 nitrogen and oxygen atoms in total. The average molecular weight is 343 g/mol. The normalized spacial score (nSPS) is 13.3. The van der Waals surface area contributed by atoms with Crippen LogP contribution in [0.2, 0.25) is 0 Å². The summed E-state index contributed by atoms with van der Waals surface area (Å²) in [6, 6.07) is 14.2. The number of fused-ring (bicyclic) bond motifs is 2. The molecule has 0 unspecified atom stereocenters. The Bertz CT molecular complexity index is 1200. The maximum absolute atomic E-state index is 12.7. The molecule has 5 heteroatoms. The number of H-pyrrole nitrogens is 1. The standard InChI is InChI=1S/C21H17N3O2/c1-13-2-3-14-10-18(21(25)23-19(14)8-13)20-22-6-7-24(20)17-5-4-15-11-26-12-16(15)9-17/h2-10H,11-12H2,1H3,(H,23,25). The van der Waals surface area contributed by atoms with Crippen molar-refractivity contribution in [3.05, 3.63) is 81.9 Å². The Morgan fingerprint density at radius 1 is 1.08 bits per heavy atom. The molecule has 0 fully saturated rings. The van der Waals surface area contributed by atoms with Gasteiger partial charge in [-0.05, 0) is 53.3 Å². The van der Waals surface area contributed by atoms with E-state index >= 15 is 0 Å². The summed E-state index contributed by atoms with van der Waals surface area (Å²) < 4.78 is 7.45. The minimum absolute atomic E-state index is 0.139. The number of rotatable bonds is 2. The van der Waals surface area contributed by atoms with Gasteiger partial charge in [0.2, 0.25) is 0 Å². The molecule has 0 saturated heterocycles. The van der Waals surface area contributed by atoms with Crippen LogP contribution in [0.15, 0.2) is 59.7 Å². The maximum Gasteiger partial charge on any atom is 0.259 e. The third-order valence-corrected chi connectivity index (χ3v) is 4.87. The van der Waals surface area contributed by atoms with Crippen molar-refractivity contribution in [2.75, 3.05) is 0 Å². The summed E-state index contributed by atoms with van der Waals surface area (Å²) in [5.74, 6) is 0.632. The molecule has 0 radical (unpaired) electrons. The number of nitrogens with zero attached hydrogens (tertiary/aromatic N) is 2. The molecule has 0 amide bonds. The Morgan fingerprint density at radius 2 is 1.96 bits per heavy atom. The Morgan fingerprint density at radius 3 is 2.88 bits per heavy atom. The van der Waals surface area contributed by atoms with Gasteiger partial charge in [-0.25, -0.2) is 4.98 Å². The van der Waals surface area contributed by atoms with Crippen molar-refractivity contribution in [2.24, 2.45) is 0 Å².